The Balaban J connectivity index is 0.00000289. The van der Waals surface area contributed by atoms with E-state index in [4.69, 9.17) is 14.8 Å². The second kappa shape index (κ2) is 12.5. The molecule has 0 bridgehead atoms. The summed E-state index contributed by atoms with van der Waals surface area (Å²) >= 11 is 0. The van der Waals surface area contributed by atoms with Gasteiger partial charge in [-0.05, 0) is 25.8 Å². The van der Waals surface area contributed by atoms with Gasteiger partial charge >= 0.3 is 0 Å². The van der Waals surface area contributed by atoms with Crippen LogP contribution in [0, 0.1) is 6.92 Å². The molecule has 0 unspecified atom stereocenters. The first-order valence-electron chi connectivity index (χ1n) is 11.4. The van der Waals surface area contributed by atoms with Gasteiger partial charge < -0.3 is 19.9 Å². The van der Waals surface area contributed by atoms with E-state index in [0.717, 1.165) is 62.7 Å². The molecule has 11 heteroatoms. The van der Waals surface area contributed by atoms with Gasteiger partial charge in [0, 0.05) is 39.4 Å². The summed E-state index contributed by atoms with van der Waals surface area (Å²) in [6.07, 6.45) is 7.18. The molecule has 2 fully saturated rings. The molecule has 0 aromatic carbocycles. The second-order valence-electron chi connectivity index (χ2n) is 8.35. The molecule has 2 N–H and O–H groups in total. The lowest BCUT2D eigenvalue weighted by Crippen LogP contribution is -2.44. The number of aliphatic imine (C=N–C) groups is 1. The topological polar surface area (TPSA) is 97.4 Å². The smallest absolute Gasteiger partial charge is 0.192 e. The average Bonchev–Trinajstić information content (AvgIpc) is 3.54. The molecule has 0 spiro atoms. The molecule has 10 nitrogen and oxygen atoms in total. The van der Waals surface area contributed by atoms with Crippen molar-refractivity contribution in [3.63, 3.8) is 0 Å². The first-order valence-corrected chi connectivity index (χ1v) is 11.4. The summed E-state index contributed by atoms with van der Waals surface area (Å²) in [5.74, 6) is 2.54. The molecule has 2 aliphatic rings. The molecular weight excluding hydrogens is 521 g/mol. The van der Waals surface area contributed by atoms with Gasteiger partial charge in [0.25, 0.3) is 0 Å². The Bertz CT molecular complexity index is 853. The minimum Gasteiger partial charge on any atom is -0.379 e. The zero-order valence-electron chi connectivity index (χ0n) is 19.2. The molecular formula is C21H36IN9O. The average molecular weight is 557 g/mol. The van der Waals surface area contributed by atoms with Crippen molar-refractivity contribution in [2.24, 2.45) is 12.0 Å². The normalized spacial score (nSPS) is 18.0. The van der Waals surface area contributed by atoms with Gasteiger partial charge in [-0.1, -0.05) is 12.8 Å². The van der Waals surface area contributed by atoms with Crippen molar-refractivity contribution < 1.29 is 4.74 Å². The predicted molar refractivity (Wildman–Crippen MR) is 134 cm³/mol. The number of nitrogens with zero attached hydrogens (tertiary/aromatic N) is 7. The van der Waals surface area contributed by atoms with Gasteiger partial charge in [-0.3, -0.25) is 9.58 Å². The third-order valence-corrected chi connectivity index (χ3v) is 6.18. The van der Waals surface area contributed by atoms with Crippen LogP contribution in [0.5, 0.6) is 0 Å². The molecule has 1 saturated heterocycles. The summed E-state index contributed by atoms with van der Waals surface area (Å²) in [4.78, 5) is 7.19. The Kier molecular flexibility index (Phi) is 9.72. The molecule has 2 aromatic rings. The molecule has 4 rings (SSSR count). The Morgan fingerprint density at radius 2 is 1.97 bits per heavy atom. The molecule has 2 aromatic heterocycles. The minimum absolute atomic E-state index is 0. The maximum absolute atomic E-state index is 5.43. The van der Waals surface area contributed by atoms with Crippen LogP contribution in [0.25, 0.3) is 0 Å². The van der Waals surface area contributed by atoms with E-state index in [-0.39, 0.29) is 24.0 Å². The summed E-state index contributed by atoms with van der Waals surface area (Å²) in [7, 11) is 1.98. The number of halogens is 1. The Labute approximate surface area is 207 Å². The molecule has 0 atom stereocenters. The van der Waals surface area contributed by atoms with Gasteiger partial charge in [0.05, 0.1) is 38.0 Å². The molecule has 0 amide bonds. The monoisotopic (exact) mass is 557 g/mol. The highest BCUT2D eigenvalue weighted by Gasteiger charge is 2.17. The minimum atomic E-state index is 0. The largest absolute Gasteiger partial charge is 0.379 e. The summed E-state index contributed by atoms with van der Waals surface area (Å²) in [5.41, 5.74) is 0.996. The van der Waals surface area contributed by atoms with Crippen LogP contribution < -0.4 is 10.6 Å². The van der Waals surface area contributed by atoms with Crippen molar-refractivity contribution in [2.45, 2.75) is 51.7 Å². The van der Waals surface area contributed by atoms with E-state index in [2.05, 4.69) is 42.7 Å². The summed E-state index contributed by atoms with van der Waals surface area (Å²) < 4.78 is 9.54. The number of morpholine rings is 1. The Morgan fingerprint density at radius 3 is 2.69 bits per heavy atom. The zero-order chi connectivity index (χ0) is 21.5. The quantitative estimate of drug-likeness (QED) is 0.289. The third-order valence-electron chi connectivity index (χ3n) is 6.18. The van der Waals surface area contributed by atoms with Crippen molar-refractivity contribution in [3.05, 3.63) is 29.6 Å². The fraction of sp³-hybridized carbons (Fsp3) is 0.714. The van der Waals surface area contributed by atoms with Crippen LogP contribution in [0.2, 0.25) is 0 Å². The van der Waals surface area contributed by atoms with Crippen LogP contribution in [0.1, 0.15) is 49.1 Å². The molecule has 1 aliphatic heterocycles. The van der Waals surface area contributed by atoms with E-state index >= 15 is 0 Å². The first-order chi connectivity index (χ1) is 15.2. The van der Waals surface area contributed by atoms with Crippen LogP contribution in [-0.4, -0.2) is 74.8 Å². The van der Waals surface area contributed by atoms with Crippen molar-refractivity contribution in [3.8, 4) is 0 Å². The van der Waals surface area contributed by atoms with E-state index in [1.807, 2.05) is 18.5 Å². The SMILES string of the molecule is Cc1nnc(CNC(=NCc2ccn(C3CCCC3)n2)NCCN2CCOCC2)n1C.I. The van der Waals surface area contributed by atoms with E-state index in [0.29, 0.717) is 19.1 Å². The van der Waals surface area contributed by atoms with E-state index in [1.54, 1.807) is 0 Å². The third kappa shape index (κ3) is 6.88. The van der Waals surface area contributed by atoms with Crippen molar-refractivity contribution in [1.82, 2.24) is 40.1 Å². The number of rotatable bonds is 8. The van der Waals surface area contributed by atoms with Crippen molar-refractivity contribution in [1.29, 1.82) is 0 Å². The Morgan fingerprint density at radius 1 is 1.19 bits per heavy atom. The van der Waals surface area contributed by atoms with Crippen LogP contribution in [0.15, 0.2) is 17.3 Å². The number of nitrogens with one attached hydrogen (secondary N) is 2. The number of ether oxygens (including phenoxy) is 1. The van der Waals surface area contributed by atoms with Gasteiger partial charge in [0.1, 0.15) is 5.82 Å². The lowest BCUT2D eigenvalue weighted by molar-refractivity contribution is 0.0389. The van der Waals surface area contributed by atoms with Gasteiger partial charge in [-0.15, -0.1) is 34.2 Å². The highest BCUT2D eigenvalue weighted by atomic mass is 127. The fourth-order valence-electron chi connectivity index (χ4n) is 4.09. The highest BCUT2D eigenvalue weighted by molar-refractivity contribution is 14.0. The summed E-state index contributed by atoms with van der Waals surface area (Å²) in [6.45, 7) is 8.44. The second-order valence-corrected chi connectivity index (χ2v) is 8.35. The highest BCUT2D eigenvalue weighted by Crippen LogP contribution is 2.28. The van der Waals surface area contributed by atoms with Crippen LogP contribution in [0.4, 0.5) is 0 Å². The summed E-state index contributed by atoms with van der Waals surface area (Å²) in [6, 6.07) is 2.64. The number of aromatic nitrogens is 5. The first kappa shape index (κ1) is 24.9. The van der Waals surface area contributed by atoms with Crippen LogP contribution in [-0.2, 0) is 24.9 Å². The number of guanidine groups is 1. The molecule has 1 aliphatic carbocycles. The molecule has 0 radical (unpaired) electrons. The summed E-state index contributed by atoms with van der Waals surface area (Å²) in [5, 5.41) is 20.0. The zero-order valence-corrected chi connectivity index (χ0v) is 21.5. The number of hydrogen-bond donors (Lipinski definition) is 2. The molecule has 178 valence electrons. The lowest BCUT2D eigenvalue weighted by Gasteiger charge is -2.26. The maximum atomic E-state index is 5.43. The van der Waals surface area contributed by atoms with Gasteiger partial charge in [0.2, 0.25) is 0 Å². The van der Waals surface area contributed by atoms with Crippen LogP contribution >= 0.6 is 24.0 Å². The van der Waals surface area contributed by atoms with Gasteiger partial charge in [-0.25, -0.2) is 4.99 Å². The van der Waals surface area contributed by atoms with E-state index in [1.165, 1.54) is 25.7 Å². The van der Waals surface area contributed by atoms with Crippen LogP contribution in [0.3, 0.4) is 0 Å². The molecule has 3 heterocycles. The van der Waals surface area contributed by atoms with Crippen molar-refractivity contribution in [2.75, 3.05) is 39.4 Å². The predicted octanol–water partition coefficient (Wildman–Crippen LogP) is 1.62. The van der Waals surface area contributed by atoms with E-state index < -0.39 is 0 Å². The van der Waals surface area contributed by atoms with Crippen molar-refractivity contribution >= 4 is 29.9 Å². The lowest BCUT2D eigenvalue weighted by atomic mass is 10.3. The standard InChI is InChI=1S/C21H35N9O.HI/c1-17-25-26-20(28(17)2)16-24-21(22-8-10-29-11-13-31-14-12-29)23-15-18-7-9-30(27-18)19-5-3-4-6-19;/h7,9,19H,3-6,8,10-16H2,1-2H3,(H2,22,23,24);1H. The van der Waals surface area contributed by atoms with Gasteiger partial charge in [0.15, 0.2) is 11.8 Å². The Hall–Kier alpha value is -1.73. The molecule has 1 saturated carbocycles. The number of hydrogen-bond acceptors (Lipinski definition) is 6. The fourth-order valence-corrected chi connectivity index (χ4v) is 4.09. The maximum Gasteiger partial charge on any atom is 0.192 e. The van der Waals surface area contributed by atoms with Gasteiger partial charge in [-0.2, -0.15) is 5.10 Å². The number of aryl methyl sites for hydroxylation is 1. The van der Waals surface area contributed by atoms with E-state index in [9.17, 15) is 0 Å². The molecule has 32 heavy (non-hydrogen) atoms.